The smallest absolute Gasteiger partial charge is 0.147 e. The Morgan fingerprint density at radius 1 is 1.44 bits per heavy atom. The molecule has 4 nitrogen and oxygen atoms in total. The lowest BCUT2D eigenvalue weighted by molar-refractivity contribution is 0.676. The van der Waals surface area contributed by atoms with E-state index in [0.717, 1.165) is 23.8 Å². The molecular weight excluding hydrogens is 200 g/mol. The van der Waals surface area contributed by atoms with Crippen LogP contribution in [0.5, 0.6) is 0 Å². The maximum atomic E-state index is 8.81. The van der Waals surface area contributed by atoms with Gasteiger partial charge in [-0.15, -0.1) is 0 Å². The van der Waals surface area contributed by atoms with Crippen LogP contribution >= 0.6 is 0 Å². The van der Waals surface area contributed by atoms with Gasteiger partial charge in [-0.2, -0.15) is 5.26 Å². The average Bonchev–Trinajstić information content (AvgIpc) is 2.29. The van der Waals surface area contributed by atoms with Gasteiger partial charge in [-0.1, -0.05) is 0 Å². The third-order valence-electron chi connectivity index (χ3n) is 2.60. The van der Waals surface area contributed by atoms with Crippen LogP contribution in [0, 0.1) is 31.1 Å². The molecule has 0 radical (unpaired) electrons. The number of nitriles is 1. The highest BCUT2D eigenvalue weighted by Gasteiger charge is 2.11. The van der Waals surface area contributed by atoms with E-state index in [4.69, 9.17) is 5.26 Å². The number of anilines is 1. The third kappa shape index (κ3) is 2.93. The lowest BCUT2D eigenvalue weighted by Gasteiger charge is -2.23. The lowest BCUT2D eigenvalue weighted by atomic mass is 10.2. The molecule has 1 atom stereocenters. The molecule has 0 saturated carbocycles. The molecule has 1 rings (SSSR count). The van der Waals surface area contributed by atoms with Crippen molar-refractivity contribution in [3.63, 3.8) is 0 Å². The second kappa shape index (κ2) is 5.45. The van der Waals surface area contributed by atoms with Gasteiger partial charge in [-0.3, -0.25) is 4.98 Å². The molecule has 0 saturated heterocycles. The second-order valence-electron chi connectivity index (χ2n) is 3.97. The van der Waals surface area contributed by atoms with Gasteiger partial charge in [0.15, 0.2) is 0 Å². The van der Waals surface area contributed by atoms with Crippen molar-refractivity contribution in [1.29, 1.82) is 5.26 Å². The minimum Gasteiger partial charge on any atom is -0.354 e. The molecule has 0 aliphatic carbocycles. The minimum atomic E-state index is 0.00311. The standard InChI is InChI=1S/C12H18N4/c1-5-16(8-9(2)6-13)12-7-14-10(3)11(4)15-12/h7,9H,5,8H2,1-4H3. The van der Waals surface area contributed by atoms with Gasteiger partial charge in [-0.05, 0) is 27.7 Å². The predicted octanol–water partition coefficient (Wildman–Crippen LogP) is 2.08. The number of hydrogen-bond donors (Lipinski definition) is 0. The maximum absolute atomic E-state index is 8.81. The van der Waals surface area contributed by atoms with Crippen molar-refractivity contribution < 1.29 is 0 Å². The molecule has 1 unspecified atom stereocenters. The van der Waals surface area contributed by atoms with E-state index in [1.807, 2.05) is 20.8 Å². The van der Waals surface area contributed by atoms with Gasteiger partial charge in [0, 0.05) is 13.1 Å². The molecule has 0 fully saturated rings. The Bertz CT molecular complexity index is 394. The first-order valence-corrected chi connectivity index (χ1v) is 5.53. The zero-order valence-electron chi connectivity index (χ0n) is 10.4. The molecule has 1 heterocycles. The van der Waals surface area contributed by atoms with Crippen molar-refractivity contribution in [3.8, 4) is 6.07 Å². The van der Waals surface area contributed by atoms with Crippen LogP contribution in [0.2, 0.25) is 0 Å². The molecule has 0 bridgehead atoms. The van der Waals surface area contributed by atoms with Crippen LogP contribution in [0.25, 0.3) is 0 Å². The molecular formula is C12H18N4. The topological polar surface area (TPSA) is 52.8 Å². The van der Waals surface area contributed by atoms with Crippen LogP contribution in [0.15, 0.2) is 6.20 Å². The van der Waals surface area contributed by atoms with Crippen LogP contribution in [-0.2, 0) is 0 Å². The third-order valence-corrected chi connectivity index (χ3v) is 2.60. The van der Waals surface area contributed by atoms with Gasteiger partial charge in [0.25, 0.3) is 0 Å². The van der Waals surface area contributed by atoms with E-state index in [0.29, 0.717) is 6.54 Å². The van der Waals surface area contributed by atoms with Gasteiger partial charge < -0.3 is 4.90 Å². The molecule has 0 aliphatic rings. The molecule has 0 amide bonds. The normalized spacial score (nSPS) is 11.9. The Hall–Kier alpha value is -1.63. The van der Waals surface area contributed by atoms with E-state index in [-0.39, 0.29) is 5.92 Å². The molecule has 0 N–H and O–H groups in total. The Morgan fingerprint density at radius 2 is 2.12 bits per heavy atom. The second-order valence-corrected chi connectivity index (χ2v) is 3.97. The van der Waals surface area contributed by atoms with Gasteiger partial charge in [0.1, 0.15) is 5.82 Å². The summed E-state index contributed by atoms with van der Waals surface area (Å²) in [5, 5.41) is 8.81. The largest absolute Gasteiger partial charge is 0.354 e. The summed E-state index contributed by atoms with van der Waals surface area (Å²) in [7, 11) is 0. The molecule has 0 aromatic carbocycles. The minimum absolute atomic E-state index is 0.00311. The maximum Gasteiger partial charge on any atom is 0.147 e. The number of aromatic nitrogens is 2. The Labute approximate surface area is 96.9 Å². The number of aryl methyl sites for hydroxylation is 2. The molecule has 86 valence electrons. The SMILES string of the molecule is CCN(CC(C)C#N)c1cnc(C)c(C)n1. The van der Waals surface area contributed by atoms with Crippen molar-refractivity contribution in [2.75, 3.05) is 18.0 Å². The van der Waals surface area contributed by atoms with E-state index < -0.39 is 0 Å². The summed E-state index contributed by atoms with van der Waals surface area (Å²) < 4.78 is 0. The van der Waals surface area contributed by atoms with Crippen LogP contribution in [0.4, 0.5) is 5.82 Å². The lowest BCUT2D eigenvalue weighted by Crippen LogP contribution is -2.29. The summed E-state index contributed by atoms with van der Waals surface area (Å²) in [6.45, 7) is 9.40. The Kier molecular flexibility index (Phi) is 4.24. The average molecular weight is 218 g/mol. The van der Waals surface area contributed by atoms with Crippen molar-refractivity contribution >= 4 is 5.82 Å². The first kappa shape index (κ1) is 12.4. The molecule has 16 heavy (non-hydrogen) atoms. The highest BCUT2D eigenvalue weighted by Crippen LogP contribution is 2.13. The fourth-order valence-corrected chi connectivity index (χ4v) is 1.44. The molecule has 4 heteroatoms. The van der Waals surface area contributed by atoms with E-state index in [2.05, 4.69) is 27.9 Å². The summed E-state index contributed by atoms with van der Waals surface area (Å²) in [5.41, 5.74) is 1.90. The van der Waals surface area contributed by atoms with Gasteiger partial charge in [0.2, 0.25) is 0 Å². The fraction of sp³-hybridized carbons (Fsp3) is 0.583. The highest BCUT2D eigenvalue weighted by atomic mass is 15.2. The summed E-state index contributed by atoms with van der Waals surface area (Å²) in [6.07, 6.45) is 1.77. The van der Waals surface area contributed by atoms with Crippen molar-refractivity contribution in [2.24, 2.45) is 5.92 Å². The van der Waals surface area contributed by atoms with Gasteiger partial charge in [0.05, 0.1) is 29.6 Å². The van der Waals surface area contributed by atoms with Crippen molar-refractivity contribution in [2.45, 2.75) is 27.7 Å². The van der Waals surface area contributed by atoms with E-state index >= 15 is 0 Å². The molecule has 1 aromatic rings. The molecule has 1 aromatic heterocycles. The quantitative estimate of drug-likeness (QED) is 0.776. The van der Waals surface area contributed by atoms with Crippen molar-refractivity contribution in [1.82, 2.24) is 9.97 Å². The number of rotatable bonds is 4. The van der Waals surface area contributed by atoms with E-state index in [1.165, 1.54) is 0 Å². The summed E-state index contributed by atoms with van der Waals surface area (Å²) >= 11 is 0. The highest BCUT2D eigenvalue weighted by molar-refractivity contribution is 5.37. The number of hydrogen-bond acceptors (Lipinski definition) is 4. The monoisotopic (exact) mass is 218 g/mol. The van der Waals surface area contributed by atoms with E-state index in [9.17, 15) is 0 Å². The zero-order valence-corrected chi connectivity index (χ0v) is 10.4. The first-order valence-electron chi connectivity index (χ1n) is 5.53. The van der Waals surface area contributed by atoms with Gasteiger partial charge >= 0.3 is 0 Å². The summed E-state index contributed by atoms with van der Waals surface area (Å²) in [6, 6.07) is 2.24. The van der Waals surface area contributed by atoms with Crippen LogP contribution < -0.4 is 4.90 Å². The summed E-state index contributed by atoms with van der Waals surface area (Å²) in [4.78, 5) is 10.9. The molecule has 0 spiro atoms. The van der Waals surface area contributed by atoms with Crippen LogP contribution in [0.3, 0.4) is 0 Å². The predicted molar refractivity (Wildman–Crippen MR) is 64.2 cm³/mol. The van der Waals surface area contributed by atoms with Crippen LogP contribution in [0.1, 0.15) is 25.2 Å². The summed E-state index contributed by atoms with van der Waals surface area (Å²) in [5.74, 6) is 0.857. The number of nitrogens with zero attached hydrogens (tertiary/aromatic N) is 4. The van der Waals surface area contributed by atoms with E-state index in [1.54, 1.807) is 6.20 Å². The fourth-order valence-electron chi connectivity index (χ4n) is 1.44. The van der Waals surface area contributed by atoms with Crippen molar-refractivity contribution in [3.05, 3.63) is 17.6 Å². The first-order chi connectivity index (χ1) is 7.58. The molecule has 0 aliphatic heterocycles. The Balaban J connectivity index is 2.87. The van der Waals surface area contributed by atoms with Crippen LogP contribution in [-0.4, -0.2) is 23.1 Å². The van der Waals surface area contributed by atoms with Gasteiger partial charge in [-0.25, -0.2) is 4.98 Å². The Morgan fingerprint density at radius 3 is 2.62 bits per heavy atom. The zero-order chi connectivity index (χ0) is 12.1.